The van der Waals surface area contributed by atoms with Gasteiger partial charge in [0.2, 0.25) is 10.6 Å². The standard InChI is InChI=1S/C12H9N5OS/c19-12-16-15-11(10-2-1-7-18-10)17(12)14-8-9-3-5-13-6-4-9/h1-8H,(H,16,19)/b14-8+. The highest BCUT2D eigenvalue weighted by Gasteiger charge is 2.09. The van der Waals surface area contributed by atoms with E-state index in [0.717, 1.165) is 5.56 Å². The molecule has 0 aliphatic heterocycles. The van der Waals surface area contributed by atoms with Crippen LogP contribution in [0, 0.1) is 4.77 Å². The molecule has 7 heteroatoms. The van der Waals surface area contributed by atoms with Crippen molar-refractivity contribution in [2.45, 2.75) is 0 Å². The highest BCUT2D eigenvalue weighted by Crippen LogP contribution is 2.17. The van der Waals surface area contributed by atoms with Gasteiger partial charge >= 0.3 is 0 Å². The van der Waals surface area contributed by atoms with Crippen molar-refractivity contribution < 1.29 is 4.42 Å². The monoisotopic (exact) mass is 271 g/mol. The Balaban J connectivity index is 2.00. The Bertz CT molecular complexity index is 742. The van der Waals surface area contributed by atoms with Gasteiger partial charge in [0.1, 0.15) is 0 Å². The van der Waals surface area contributed by atoms with Crippen LogP contribution in [-0.2, 0) is 0 Å². The minimum absolute atomic E-state index is 0.400. The van der Waals surface area contributed by atoms with E-state index in [9.17, 15) is 0 Å². The molecule has 0 saturated heterocycles. The molecule has 0 aromatic carbocycles. The number of aromatic nitrogens is 4. The minimum atomic E-state index is 0.400. The number of nitrogens with one attached hydrogen (secondary N) is 1. The molecule has 0 aliphatic rings. The van der Waals surface area contributed by atoms with Gasteiger partial charge < -0.3 is 4.42 Å². The third kappa shape index (κ3) is 2.36. The zero-order valence-corrected chi connectivity index (χ0v) is 10.5. The van der Waals surface area contributed by atoms with E-state index in [4.69, 9.17) is 16.6 Å². The van der Waals surface area contributed by atoms with Crippen LogP contribution in [0.3, 0.4) is 0 Å². The smallest absolute Gasteiger partial charge is 0.219 e. The number of furan rings is 1. The van der Waals surface area contributed by atoms with Crippen molar-refractivity contribution in [3.63, 3.8) is 0 Å². The van der Waals surface area contributed by atoms with E-state index in [-0.39, 0.29) is 0 Å². The molecule has 1 N–H and O–H groups in total. The first-order valence-corrected chi connectivity index (χ1v) is 5.91. The van der Waals surface area contributed by atoms with Gasteiger partial charge in [-0.15, -0.1) is 5.10 Å². The van der Waals surface area contributed by atoms with Crippen molar-refractivity contribution in [1.29, 1.82) is 0 Å². The molecule has 6 nitrogen and oxygen atoms in total. The Morgan fingerprint density at radius 2 is 2.16 bits per heavy atom. The Hall–Kier alpha value is -2.54. The lowest BCUT2D eigenvalue weighted by molar-refractivity contribution is 0.573. The van der Waals surface area contributed by atoms with Crippen molar-refractivity contribution >= 4 is 18.4 Å². The van der Waals surface area contributed by atoms with Crippen LogP contribution in [0.2, 0.25) is 0 Å². The summed E-state index contributed by atoms with van der Waals surface area (Å²) in [5.41, 5.74) is 0.920. The second-order valence-electron chi connectivity index (χ2n) is 3.67. The van der Waals surface area contributed by atoms with Crippen LogP contribution in [0.5, 0.6) is 0 Å². The summed E-state index contributed by atoms with van der Waals surface area (Å²) in [7, 11) is 0. The molecule has 0 amide bonds. The molecule has 0 bridgehead atoms. The number of hydrogen-bond acceptors (Lipinski definition) is 5. The van der Waals surface area contributed by atoms with Crippen LogP contribution in [0.4, 0.5) is 0 Å². The molecule has 19 heavy (non-hydrogen) atoms. The Labute approximate surface area is 113 Å². The fraction of sp³-hybridized carbons (Fsp3) is 0. The SMILES string of the molecule is S=c1[nH]nc(-c2ccco2)n1/N=C/c1ccncc1. The van der Waals surface area contributed by atoms with Crippen molar-refractivity contribution in [3.8, 4) is 11.6 Å². The highest BCUT2D eigenvalue weighted by molar-refractivity contribution is 7.71. The van der Waals surface area contributed by atoms with Crippen LogP contribution in [0.25, 0.3) is 11.6 Å². The third-order valence-electron chi connectivity index (χ3n) is 2.42. The lowest BCUT2D eigenvalue weighted by Crippen LogP contribution is -1.94. The Morgan fingerprint density at radius 1 is 1.32 bits per heavy atom. The van der Waals surface area contributed by atoms with Crippen molar-refractivity contribution in [2.24, 2.45) is 5.10 Å². The number of H-pyrrole nitrogens is 1. The summed E-state index contributed by atoms with van der Waals surface area (Å²) >= 11 is 5.14. The maximum atomic E-state index is 5.29. The average Bonchev–Trinajstić information content (AvgIpc) is 3.07. The quantitative estimate of drug-likeness (QED) is 0.586. The molecule has 0 atom stereocenters. The Morgan fingerprint density at radius 3 is 2.89 bits per heavy atom. The van der Waals surface area contributed by atoms with Crippen LogP contribution in [-0.4, -0.2) is 26.1 Å². The summed E-state index contributed by atoms with van der Waals surface area (Å²) in [6.45, 7) is 0. The number of rotatable bonds is 3. The maximum Gasteiger partial charge on any atom is 0.219 e. The molecular weight excluding hydrogens is 262 g/mol. The van der Waals surface area contributed by atoms with Gasteiger partial charge in [0.15, 0.2) is 5.76 Å². The number of hydrogen-bond donors (Lipinski definition) is 1. The second kappa shape index (κ2) is 4.99. The van der Waals surface area contributed by atoms with Gasteiger partial charge in [0.25, 0.3) is 0 Å². The molecular formula is C12H9N5OS. The lowest BCUT2D eigenvalue weighted by Gasteiger charge is -1.96. The molecule has 0 spiro atoms. The maximum absolute atomic E-state index is 5.29. The molecule has 3 aromatic heterocycles. The number of aromatic amines is 1. The summed E-state index contributed by atoms with van der Waals surface area (Å²) in [6, 6.07) is 7.27. The van der Waals surface area contributed by atoms with Crippen molar-refractivity contribution in [3.05, 3.63) is 53.3 Å². The molecule has 3 aromatic rings. The summed E-state index contributed by atoms with van der Waals surface area (Å²) in [6.07, 6.45) is 6.65. The predicted octanol–water partition coefficient (Wildman–Crippen LogP) is 2.48. The van der Waals surface area contributed by atoms with Crippen LogP contribution in [0.15, 0.2) is 52.4 Å². The van der Waals surface area contributed by atoms with Gasteiger partial charge in [-0.2, -0.15) is 9.78 Å². The second-order valence-corrected chi connectivity index (χ2v) is 4.05. The van der Waals surface area contributed by atoms with Gasteiger partial charge in [0, 0.05) is 12.4 Å². The van der Waals surface area contributed by atoms with Gasteiger partial charge in [-0.3, -0.25) is 4.98 Å². The molecule has 3 rings (SSSR count). The molecule has 0 saturated carbocycles. The van der Waals surface area contributed by atoms with Crippen molar-refractivity contribution in [2.75, 3.05) is 0 Å². The van der Waals surface area contributed by atoms with E-state index in [1.807, 2.05) is 12.1 Å². The summed E-state index contributed by atoms with van der Waals surface area (Å²) in [5.74, 6) is 1.12. The number of pyridine rings is 1. The van der Waals surface area contributed by atoms with Crippen molar-refractivity contribution in [1.82, 2.24) is 19.9 Å². The van der Waals surface area contributed by atoms with Crippen LogP contribution < -0.4 is 0 Å². The first-order chi connectivity index (χ1) is 9.34. The topological polar surface area (TPSA) is 72.0 Å². The zero-order chi connectivity index (χ0) is 13.1. The lowest BCUT2D eigenvalue weighted by atomic mass is 10.3. The summed E-state index contributed by atoms with van der Waals surface area (Å²) in [4.78, 5) is 3.94. The largest absolute Gasteiger partial charge is 0.461 e. The van der Waals surface area contributed by atoms with Gasteiger partial charge in [0.05, 0.1) is 12.5 Å². The summed E-state index contributed by atoms with van der Waals surface area (Å²) < 4.78 is 7.20. The summed E-state index contributed by atoms with van der Waals surface area (Å²) in [5, 5.41) is 11.1. The van der Waals surface area contributed by atoms with Gasteiger partial charge in [-0.25, -0.2) is 5.10 Å². The predicted molar refractivity (Wildman–Crippen MR) is 72.3 cm³/mol. The van der Waals surface area contributed by atoms with E-state index in [0.29, 0.717) is 16.4 Å². The average molecular weight is 271 g/mol. The van der Waals surface area contributed by atoms with Crippen LogP contribution in [0.1, 0.15) is 5.56 Å². The molecule has 0 fully saturated rings. The van der Waals surface area contributed by atoms with E-state index in [1.165, 1.54) is 4.68 Å². The molecule has 0 aliphatic carbocycles. The first-order valence-electron chi connectivity index (χ1n) is 5.50. The van der Waals surface area contributed by atoms with Gasteiger partial charge in [-0.1, -0.05) is 0 Å². The molecule has 0 unspecified atom stereocenters. The Kier molecular flexibility index (Phi) is 3.03. The highest BCUT2D eigenvalue weighted by atomic mass is 32.1. The first kappa shape index (κ1) is 11.5. The fourth-order valence-corrected chi connectivity index (χ4v) is 1.72. The molecule has 0 radical (unpaired) electrons. The van der Waals surface area contributed by atoms with E-state index < -0.39 is 0 Å². The normalized spacial score (nSPS) is 11.2. The third-order valence-corrected chi connectivity index (χ3v) is 2.68. The fourth-order valence-electron chi connectivity index (χ4n) is 1.54. The van der Waals surface area contributed by atoms with Crippen LogP contribution >= 0.6 is 12.2 Å². The molecule has 94 valence electrons. The number of nitrogens with zero attached hydrogens (tertiary/aromatic N) is 4. The molecule has 3 heterocycles. The van der Waals surface area contributed by atoms with E-state index in [2.05, 4.69) is 20.3 Å². The van der Waals surface area contributed by atoms with E-state index in [1.54, 1.807) is 37.0 Å². The minimum Gasteiger partial charge on any atom is -0.461 e. The van der Waals surface area contributed by atoms with Gasteiger partial charge in [-0.05, 0) is 42.0 Å². The zero-order valence-electron chi connectivity index (χ0n) is 9.72. The van der Waals surface area contributed by atoms with E-state index >= 15 is 0 Å².